The monoisotopic (exact) mass is 306 g/mol. The van der Waals surface area contributed by atoms with Gasteiger partial charge >= 0.3 is 0 Å². The smallest absolute Gasteiger partial charge is 0.191 e. The van der Waals surface area contributed by atoms with Crippen LogP contribution in [0.25, 0.3) is 0 Å². The molecule has 0 radical (unpaired) electrons. The minimum Gasteiger partial charge on any atom is -0.373 e. The summed E-state index contributed by atoms with van der Waals surface area (Å²) in [5.41, 5.74) is 0. The molecular weight excluding hydrogens is 280 g/mol. The number of aryl methyl sites for hydroxylation is 1. The summed E-state index contributed by atoms with van der Waals surface area (Å²) in [7, 11) is 0. The molecule has 3 heterocycles. The van der Waals surface area contributed by atoms with Crippen molar-refractivity contribution >= 4 is 5.96 Å². The van der Waals surface area contributed by atoms with E-state index in [1.165, 1.54) is 12.8 Å². The third kappa shape index (κ3) is 3.97. The fourth-order valence-electron chi connectivity index (χ4n) is 3.22. The number of rotatable bonds is 7. The van der Waals surface area contributed by atoms with Crippen LogP contribution < -0.4 is 10.6 Å². The summed E-state index contributed by atoms with van der Waals surface area (Å²) >= 11 is 0. The third-order valence-electron chi connectivity index (χ3n) is 4.33. The van der Waals surface area contributed by atoms with Gasteiger partial charge in [-0.2, -0.15) is 0 Å². The Bertz CT molecular complexity index is 474. The van der Waals surface area contributed by atoms with E-state index in [-0.39, 0.29) is 0 Å². The number of guanidine groups is 1. The summed E-state index contributed by atoms with van der Waals surface area (Å²) in [6.07, 6.45) is 10.0. The minimum atomic E-state index is 0.377. The summed E-state index contributed by atoms with van der Waals surface area (Å²) in [6, 6.07) is 0.425. The Balaban J connectivity index is 1.40. The number of nitrogens with zero attached hydrogens (tertiary/aromatic N) is 4. The summed E-state index contributed by atoms with van der Waals surface area (Å²) in [6.45, 7) is 4.76. The summed E-state index contributed by atoms with van der Waals surface area (Å²) in [5, 5.41) is 14.5. The highest BCUT2D eigenvalue weighted by Crippen LogP contribution is 2.34. The van der Waals surface area contributed by atoms with Crippen LogP contribution in [0.1, 0.15) is 39.0 Å². The number of fused-ring (bicyclic) bond motifs is 2. The predicted molar refractivity (Wildman–Crippen MR) is 84.7 cm³/mol. The van der Waals surface area contributed by atoms with Crippen molar-refractivity contribution in [2.75, 3.05) is 13.1 Å². The van der Waals surface area contributed by atoms with Crippen molar-refractivity contribution in [3.8, 4) is 0 Å². The van der Waals surface area contributed by atoms with Crippen LogP contribution in [0.5, 0.6) is 0 Å². The maximum Gasteiger partial charge on any atom is 0.191 e. The number of hydrogen-bond donors (Lipinski definition) is 2. The van der Waals surface area contributed by atoms with Crippen molar-refractivity contribution in [3.63, 3.8) is 0 Å². The first-order valence-electron chi connectivity index (χ1n) is 8.38. The first-order chi connectivity index (χ1) is 10.8. The van der Waals surface area contributed by atoms with Crippen molar-refractivity contribution in [1.29, 1.82) is 0 Å². The van der Waals surface area contributed by atoms with E-state index in [9.17, 15) is 0 Å². The van der Waals surface area contributed by atoms with Gasteiger partial charge in [0.15, 0.2) is 5.96 Å². The van der Waals surface area contributed by atoms with Gasteiger partial charge in [-0.05, 0) is 39.0 Å². The van der Waals surface area contributed by atoms with Gasteiger partial charge in [0.25, 0.3) is 0 Å². The Hall–Kier alpha value is -1.63. The molecule has 1 aromatic rings. The first-order valence-corrected chi connectivity index (χ1v) is 8.38. The molecule has 3 unspecified atom stereocenters. The zero-order valence-electron chi connectivity index (χ0n) is 13.2. The van der Waals surface area contributed by atoms with Gasteiger partial charge in [-0.3, -0.25) is 4.99 Å². The molecule has 0 spiro atoms. The molecule has 1 aromatic heterocycles. The van der Waals surface area contributed by atoms with Gasteiger partial charge < -0.3 is 19.9 Å². The van der Waals surface area contributed by atoms with E-state index in [4.69, 9.17) is 4.74 Å². The van der Waals surface area contributed by atoms with Crippen LogP contribution in [0.15, 0.2) is 17.6 Å². The lowest BCUT2D eigenvalue weighted by Crippen LogP contribution is -2.47. The lowest BCUT2D eigenvalue weighted by Gasteiger charge is -2.22. The standard InChI is InChI=1S/C15H26N6O/c1-2-16-15(20-13-9-12-5-6-14(13)22-12)17-7-3-4-8-21-10-18-19-11-21/h10-14H,2-9H2,1H3,(H2,16,17,20). The van der Waals surface area contributed by atoms with Gasteiger partial charge in [-0.1, -0.05) is 0 Å². The zero-order chi connectivity index (χ0) is 15.2. The Morgan fingerprint density at radius 3 is 2.86 bits per heavy atom. The molecule has 0 amide bonds. The minimum absolute atomic E-state index is 0.377. The van der Waals surface area contributed by atoms with Gasteiger partial charge in [0, 0.05) is 19.6 Å². The quantitative estimate of drug-likeness (QED) is 0.445. The Morgan fingerprint density at radius 2 is 2.18 bits per heavy atom. The lowest BCUT2D eigenvalue weighted by molar-refractivity contribution is 0.0992. The van der Waals surface area contributed by atoms with Crippen molar-refractivity contribution in [2.45, 2.75) is 63.8 Å². The van der Waals surface area contributed by atoms with Crippen LogP contribution in [0.4, 0.5) is 0 Å². The highest BCUT2D eigenvalue weighted by molar-refractivity contribution is 5.80. The van der Waals surface area contributed by atoms with Crippen molar-refractivity contribution in [3.05, 3.63) is 12.7 Å². The fraction of sp³-hybridized carbons (Fsp3) is 0.800. The number of aromatic nitrogens is 3. The largest absolute Gasteiger partial charge is 0.373 e. The fourth-order valence-corrected chi connectivity index (χ4v) is 3.22. The van der Waals surface area contributed by atoms with E-state index in [1.807, 2.05) is 4.57 Å². The average molecular weight is 306 g/mol. The molecule has 122 valence electrons. The molecule has 2 aliphatic heterocycles. The van der Waals surface area contributed by atoms with Crippen LogP contribution in [-0.4, -0.2) is 52.1 Å². The second-order valence-electron chi connectivity index (χ2n) is 6.03. The molecule has 0 saturated carbocycles. The zero-order valence-corrected chi connectivity index (χ0v) is 13.2. The van der Waals surface area contributed by atoms with E-state index >= 15 is 0 Å². The second-order valence-corrected chi connectivity index (χ2v) is 6.03. The maximum atomic E-state index is 5.89. The van der Waals surface area contributed by atoms with E-state index in [2.05, 4.69) is 32.7 Å². The first kappa shape index (κ1) is 15.3. The second kappa shape index (κ2) is 7.58. The van der Waals surface area contributed by atoms with Gasteiger partial charge in [-0.15, -0.1) is 10.2 Å². The predicted octanol–water partition coefficient (Wildman–Crippen LogP) is 0.933. The molecule has 0 aliphatic carbocycles. The molecule has 7 nitrogen and oxygen atoms in total. The van der Waals surface area contributed by atoms with Crippen LogP contribution in [0.2, 0.25) is 0 Å². The molecular formula is C15H26N6O. The van der Waals surface area contributed by atoms with Crippen LogP contribution in [-0.2, 0) is 11.3 Å². The van der Waals surface area contributed by atoms with Crippen LogP contribution in [0.3, 0.4) is 0 Å². The number of nitrogens with one attached hydrogen (secondary N) is 2. The van der Waals surface area contributed by atoms with Gasteiger partial charge in [0.2, 0.25) is 0 Å². The molecule has 7 heteroatoms. The normalized spacial score (nSPS) is 27.3. The average Bonchev–Trinajstić information content (AvgIpc) is 3.24. The molecule has 0 aromatic carbocycles. The van der Waals surface area contributed by atoms with E-state index in [0.29, 0.717) is 18.2 Å². The Kier molecular flexibility index (Phi) is 5.26. The third-order valence-corrected chi connectivity index (χ3v) is 4.33. The van der Waals surface area contributed by atoms with E-state index in [0.717, 1.165) is 44.9 Å². The molecule has 3 atom stereocenters. The van der Waals surface area contributed by atoms with Crippen molar-refractivity contribution in [2.24, 2.45) is 4.99 Å². The molecule has 2 aliphatic rings. The van der Waals surface area contributed by atoms with Crippen molar-refractivity contribution < 1.29 is 4.74 Å². The highest BCUT2D eigenvalue weighted by atomic mass is 16.5. The van der Waals surface area contributed by atoms with Crippen LogP contribution in [0, 0.1) is 0 Å². The van der Waals surface area contributed by atoms with Crippen LogP contribution >= 0.6 is 0 Å². The number of unbranched alkanes of at least 4 members (excludes halogenated alkanes) is 1. The maximum absolute atomic E-state index is 5.89. The molecule has 2 N–H and O–H groups in total. The molecule has 2 bridgehead atoms. The molecule has 2 saturated heterocycles. The van der Waals surface area contributed by atoms with E-state index in [1.54, 1.807) is 12.7 Å². The van der Waals surface area contributed by atoms with E-state index < -0.39 is 0 Å². The van der Waals surface area contributed by atoms with Gasteiger partial charge in [-0.25, -0.2) is 0 Å². The van der Waals surface area contributed by atoms with Crippen molar-refractivity contribution in [1.82, 2.24) is 25.4 Å². The number of ether oxygens (including phenoxy) is 1. The molecule has 22 heavy (non-hydrogen) atoms. The SMILES string of the molecule is CCNC(=NCCCCn1cnnc1)NC1CC2CCC1O2. The van der Waals surface area contributed by atoms with Gasteiger partial charge in [0.05, 0.1) is 18.2 Å². The summed E-state index contributed by atoms with van der Waals surface area (Å²) in [4.78, 5) is 4.68. The number of hydrogen-bond acceptors (Lipinski definition) is 4. The van der Waals surface area contributed by atoms with Gasteiger partial charge in [0.1, 0.15) is 12.7 Å². The number of aliphatic imine (C=N–C) groups is 1. The topological polar surface area (TPSA) is 76.4 Å². The molecule has 3 rings (SSSR count). The highest BCUT2D eigenvalue weighted by Gasteiger charge is 2.41. The summed E-state index contributed by atoms with van der Waals surface area (Å²) in [5.74, 6) is 0.924. The summed E-state index contributed by atoms with van der Waals surface area (Å²) < 4.78 is 7.89. The lowest BCUT2D eigenvalue weighted by atomic mass is 9.96. The Morgan fingerprint density at radius 1 is 1.32 bits per heavy atom. The Labute approximate surface area is 131 Å². The molecule has 2 fully saturated rings.